The maximum atomic E-state index is 11.6. The average molecular weight is 362 g/mol. The second kappa shape index (κ2) is 6.46. The number of rotatable bonds is 3. The highest BCUT2D eigenvalue weighted by atomic mass is 16.5. The molecule has 5 rings (SSSR count). The van der Waals surface area contributed by atoms with E-state index in [-0.39, 0.29) is 11.5 Å². The maximum Gasteiger partial charge on any atom is 0.259 e. The fourth-order valence-corrected chi connectivity index (χ4v) is 4.67. The summed E-state index contributed by atoms with van der Waals surface area (Å²) in [4.78, 5) is 18.9. The summed E-state index contributed by atoms with van der Waals surface area (Å²) >= 11 is 0. The number of benzene rings is 1. The van der Waals surface area contributed by atoms with Gasteiger partial charge in [0.15, 0.2) is 5.82 Å². The molecule has 6 heteroatoms. The van der Waals surface area contributed by atoms with Crippen molar-refractivity contribution >= 4 is 0 Å². The molecule has 4 heterocycles. The Bertz CT molecular complexity index is 1010. The maximum absolute atomic E-state index is 11.6. The van der Waals surface area contributed by atoms with Gasteiger partial charge in [0.25, 0.3) is 5.89 Å². The third-order valence-corrected chi connectivity index (χ3v) is 5.97. The normalized spacial score (nSPS) is 25.0. The van der Waals surface area contributed by atoms with E-state index in [1.165, 1.54) is 29.0 Å². The summed E-state index contributed by atoms with van der Waals surface area (Å²) in [6, 6.07) is 14.9. The standard InChI is InChI=1S/C21H22N4O2/c1-24-13-15(9-10-19(24)26)21-22-20(23-27-21)16-12-18(14-6-3-2-4-7-14)25-11-5-8-17(16)25/h2-4,6-7,9-10,13,16-18H,5,8,11-12H2,1H3/t16-,17+,18-/m0/s1. The Balaban J connectivity index is 1.45. The summed E-state index contributed by atoms with van der Waals surface area (Å²) < 4.78 is 7.08. The number of hydrogen-bond acceptors (Lipinski definition) is 5. The van der Waals surface area contributed by atoms with E-state index in [4.69, 9.17) is 9.51 Å². The lowest BCUT2D eigenvalue weighted by Gasteiger charge is -2.24. The first kappa shape index (κ1) is 16.4. The molecular formula is C21H22N4O2. The van der Waals surface area contributed by atoms with E-state index < -0.39 is 0 Å². The van der Waals surface area contributed by atoms with Crippen LogP contribution in [0, 0.1) is 0 Å². The van der Waals surface area contributed by atoms with Crippen LogP contribution >= 0.6 is 0 Å². The van der Waals surface area contributed by atoms with E-state index in [0.717, 1.165) is 24.4 Å². The molecule has 138 valence electrons. The van der Waals surface area contributed by atoms with Crippen LogP contribution in [0.4, 0.5) is 0 Å². The lowest BCUT2D eigenvalue weighted by molar-refractivity contribution is 0.243. The molecular weight excluding hydrogens is 340 g/mol. The third kappa shape index (κ3) is 2.80. The van der Waals surface area contributed by atoms with Crippen LogP contribution in [0.15, 0.2) is 58.0 Å². The molecule has 2 aliphatic rings. The smallest absolute Gasteiger partial charge is 0.259 e. The molecule has 0 spiro atoms. The molecule has 0 unspecified atom stereocenters. The van der Waals surface area contributed by atoms with Crippen LogP contribution in [0.25, 0.3) is 11.5 Å². The highest BCUT2D eigenvalue weighted by molar-refractivity contribution is 5.50. The fraction of sp³-hybridized carbons (Fsp3) is 0.381. The van der Waals surface area contributed by atoms with Crippen molar-refractivity contribution in [2.45, 2.75) is 37.3 Å². The van der Waals surface area contributed by atoms with Gasteiger partial charge in [0.05, 0.1) is 5.56 Å². The summed E-state index contributed by atoms with van der Waals surface area (Å²) in [7, 11) is 1.72. The second-order valence-corrected chi connectivity index (χ2v) is 7.54. The first-order chi connectivity index (χ1) is 13.2. The number of fused-ring (bicyclic) bond motifs is 1. The van der Waals surface area contributed by atoms with Gasteiger partial charge in [-0.05, 0) is 37.4 Å². The van der Waals surface area contributed by atoms with Crippen molar-refractivity contribution in [1.82, 2.24) is 19.6 Å². The van der Waals surface area contributed by atoms with Crippen LogP contribution in [0.3, 0.4) is 0 Å². The van der Waals surface area contributed by atoms with Crippen LogP contribution in [0.5, 0.6) is 0 Å². The predicted molar refractivity (Wildman–Crippen MR) is 101 cm³/mol. The third-order valence-electron chi connectivity index (χ3n) is 5.97. The number of nitrogens with zero attached hydrogens (tertiary/aromatic N) is 4. The second-order valence-electron chi connectivity index (χ2n) is 7.54. The largest absolute Gasteiger partial charge is 0.334 e. The molecule has 3 aromatic rings. The average Bonchev–Trinajstić information content (AvgIpc) is 3.40. The molecule has 0 aliphatic carbocycles. The summed E-state index contributed by atoms with van der Waals surface area (Å²) in [5.74, 6) is 1.55. The van der Waals surface area contributed by atoms with E-state index in [2.05, 4.69) is 40.4 Å². The van der Waals surface area contributed by atoms with Crippen LogP contribution < -0.4 is 5.56 Å². The molecule has 2 aromatic heterocycles. The van der Waals surface area contributed by atoms with Crippen molar-refractivity contribution in [3.8, 4) is 11.5 Å². The number of hydrogen-bond donors (Lipinski definition) is 0. The quantitative estimate of drug-likeness (QED) is 0.716. The molecule has 27 heavy (non-hydrogen) atoms. The minimum Gasteiger partial charge on any atom is -0.334 e. The van der Waals surface area contributed by atoms with E-state index >= 15 is 0 Å². The molecule has 0 saturated carbocycles. The predicted octanol–water partition coefficient (Wildman–Crippen LogP) is 3.13. The van der Waals surface area contributed by atoms with Crippen LogP contribution in [-0.2, 0) is 7.05 Å². The van der Waals surface area contributed by atoms with Crippen LogP contribution in [0.1, 0.15) is 42.6 Å². The monoisotopic (exact) mass is 362 g/mol. The van der Waals surface area contributed by atoms with E-state index in [0.29, 0.717) is 18.0 Å². The van der Waals surface area contributed by atoms with E-state index in [1.54, 1.807) is 19.3 Å². The molecule has 6 nitrogen and oxygen atoms in total. The SMILES string of the molecule is Cn1cc(-c2nc([C@H]3C[C@@H](c4ccccc4)N4CCC[C@H]34)no2)ccc1=O. The van der Waals surface area contributed by atoms with Gasteiger partial charge in [-0.15, -0.1) is 0 Å². The highest BCUT2D eigenvalue weighted by Gasteiger charge is 2.46. The molecule has 2 saturated heterocycles. The van der Waals surface area contributed by atoms with Gasteiger partial charge < -0.3 is 9.09 Å². The van der Waals surface area contributed by atoms with Crippen molar-refractivity contribution < 1.29 is 4.52 Å². The Morgan fingerprint density at radius 1 is 1.15 bits per heavy atom. The summed E-state index contributed by atoms with van der Waals surface area (Å²) in [5, 5.41) is 4.32. The van der Waals surface area contributed by atoms with Crippen LogP contribution in [-0.4, -0.2) is 32.2 Å². The van der Waals surface area contributed by atoms with Gasteiger partial charge in [-0.3, -0.25) is 9.69 Å². The van der Waals surface area contributed by atoms with Crippen molar-refractivity contribution in [3.63, 3.8) is 0 Å². The fourth-order valence-electron chi connectivity index (χ4n) is 4.67. The van der Waals surface area contributed by atoms with Gasteiger partial charge >= 0.3 is 0 Å². The zero-order valence-corrected chi connectivity index (χ0v) is 15.3. The Hall–Kier alpha value is -2.73. The zero-order chi connectivity index (χ0) is 18.4. The molecule has 0 bridgehead atoms. The van der Waals surface area contributed by atoms with Gasteiger partial charge in [-0.25, -0.2) is 0 Å². The van der Waals surface area contributed by atoms with Crippen LogP contribution in [0.2, 0.25) is 0 Å². The molecule has 1 aromatic carbocycles. The van der Waals surface area contributed by atoms with E-state index in [9.17, 15) is 4.79 Å². The minimum atomic E-state index is -0.0541. The Labute approximate surface area is 157 Å². The van der Waals surface area contributed by atoms with Crippen molar-refractivity contribution in [2.24, 2.45) is 7.05 Å². The molecule has 0 radical (unpaired) electrons. The Kier molecular flexibility index (Phi) is 3.93. The summed E-state index contributed by atoms with van der Waals surface area (Å²) in [6.45, 7) is 1.13. The van der Waals surface area contributed by atoms with Gasteiger partial charge in [0, 0.05) is 37.3 Å². The molecule has 2 aliphatic heterocycles. The lowest BCUT2D eigenvalue weighted by atomic mass is 9.94. The molecule has 3 atom stereocenters. The molecule has 0 N–H and O–H groups in total. The number of aromatic nitrogens is 3. The van der Waals surface area contributed by atoms with Gasteiger partial charge in [0.1, 0.15) is 0 Å². The number of pyridine rings is 1. The Morgan fingerprint density at radius 2 is 2.00 bits per heavy atom. The lowest BCUT2D eigenvalue weighted by Crippen LogP contribution is -2.27. The Morgan fingerprint density at radius 3 is 2.81 bits per heavy atom. The first-order valence-corrected chi connectivity index (χ1v) is 9.52. The van der Waals surface area contributed by atoms with Crippen molar-refractivity contribution in [3.05, 3.63) is 70.4 Å². The highest BCUT2D eigenvalue weighted by Crippen LogP contribution is 2.48. The minimum absolute atomic E-state index is 0.0541. The number of aryl methyl sites for hydroxylation is 1. The molecule has 2 fully saturated rings. The van der Waals surface area contributed by atoms with Gasteiger partial charge in [0.2, 0.25) is 5.56 Å². The summed E-state index contributed by atoms with van der Waals surface area (Å²) in [5.41, 5.74) is 2.09. The van der Waals surface area contributed by atoms with Crippen molar-refractivity contribution in [2.75, 3.05) is 6.54 Å². The zero-order valence-electron chi connectivity index (χ0n) is 15.3. The molecule has 0 amide bonds. The summed E-state index contributed by atoms with van der Waals surface area (Å²) in [6.07, 6.45) is 5.15. The van der Waals surface area contributed by atoms with Crippen molar-refractivity contribution in [1.29, 1.82) is 0 Å². The topological polar surface area (TPSA) is 64.2 Å². The van der Waals surface area contributed by atoms with Gasteiger partial charge in [-0.2, -0.15) is 4.98 Å². The first-order valence-electron chi connectivity index (χ1n) is 9.52. The van der Waals surface area contributed by atoms with Gasteiger partial charge in [-0.1, -0.05) is 35.5 Å². The van der Waals surface area contributed by atoms with E-state index in [1.807, 2.05) is 0 Å².